The van der Waals surface area contributed by atoms with E-state index in [1.54, 1.807) is 0 Å². The Morgan fingerprint density at radius 2 is 2.32 bits per heavy atom. The Bertz CT molecular complexity index is 513. The van der Waals surface area contributed by atoms with E-state index in [1.807, 2.05) is 0 Å². The molecule has 1 aromatic rings. The van der Waals surface area contributed by atoms with Crippen LogP contribution in [0.4, 0.5) is 5.82 Å². The van der Waals surface area contributed by atoms with Crippen LogP contribution in [0.3, 0.4) is 0 Å². The molecule has 0 aromatic carbocycles. The van der Waals surface area contributed by atoms with E-state index >= 15 is 0 Å². The van der Waals surface area contributed by atoms with Crippen LogP contribution in [0.5, 0.6) is 0 Å². The van der Waals surface area contributed by atoms with E-state index in [4.69, 9.17) is 10.5 Å². The molecule has 1 aromatic heterocycles. The van der Waals surface area contributed by atoms with Crippen LogP contribution in [0.1, 0.15) is 25.7 Å². The van der Waals surface area contributed by atoms with Crippen molar-refractivity contribution < 1.29 is 13.2 Å². The summed E-state index contributed by atoms with van der Waals surface area (Å²) in [7, 11) is -3.51. The summed E-state index contributed by atoms with van der Waals surface area (Å²) < 4.78 is 32.1. The molecular weight excluding hydrogens is 266 g/mol. The Balaban J connectivity index is 1.87. The van der Waals surface area contributed by atoms with Crippen LogP contribution >= 0.6 is 0 Å². The van der Waals surface area contributed by atoms with Crippen LogP contribution in [-0.2, 0) is 14.8 Å². The molecule has 7 heteroatoms. The van der Waals surface area contributed by atoms with Gasteiger partial charge in [0.1, 0.15) is 5.82 Å². The zero-order chi connectivity index (χ0) is 13.7. The number of sulfonamides is 1. The Labute approximate surface area is 113 Å². The topological polar surface area (TPSA) is 94.3 Å². The highest BCUT2D eigenvalue weighted by atomic mass is 32.2. The van der Waals surface area contributed by atoms with Crippen LogP contribution in [-0.4, -0.2) is 32.7 Å². The molecule has 2 heterocycles. The molecule has 3 N–H and O–H groups in total. The molecule has 19 heavy (non-hydrogen) atoms. The second kappa shape index (κ2) is 6.31. The van der Waals surface area contributed by atoms with Crippen molar-refractivity contribution >= 4 is 15.8 Å². The van der Waals surface area contributed by atoms with E-state index in [9.17, 15) is 8.42 Å². The molecule has 0 bridgehead atoms. The molecule has 0 spiro atoms. The van der Waals surface area contributed by atoms with Gasteiger partial charge in [0.15, 0.2) is 0 Å². The van der Waals surface area contributed by atoms with Gasteiger partial charge in [0.25, 0.3) is 0 Å². The van der Waals surface area contributed by atoms with Crippen LogP contribution in [0.15, 0.2) is 23.2 Å². The van der Waals surface area contributed by atoms with Gasteiger partial charge in [-0.2, -0.15) is 0 Å². The number of ether oxygens (including phenoxy) is 1. The highest BCUT2D eigenvalue weighted by molar-refractivity contribution is 7.89. The number of nitrogens with zero attached hydrogens (tertiary/aromatic N) is 1. The van der Waals surface area contributed by atoms with Crippen molar-refractivity contribution in [2.24, 2.45) is 0 Å². The molecule has 0 aliphatic carbocycles. The number of nitrogens with two attached hydrogens (primary N) is 1. The average Bonchev–Trinajstić information content (AvgIpc) is 2.40. The zero-order valence-corrected chi connectivity index (χ0v) is 11.5. The second-order valence-corrected chi connectivity index (χ2v) is 6.36. The summed E-state index contributed by atoms with van der Waals surface area (Å²) >= 11 is 0. The molecule has 6 nitrogen and oxygen atoms in total. The molecular formula is C12H19N3O3S. The Kier molecular flexibility index (Phi) is 4.73. The van der Waals surface area contributed by atoms with E-state index in [1.165, 1.54) is 18.3 Å². The molecule has 106 valence electrons. The monoisotopic (exact) mass is 285 g/mol. The molecule has 2 rings (SSSR count). The minimum Gasteiger partial charge on any atom is -0.384 e. The summed E-state index contributed by atoms with van der Waals surface area (Å²) in [6.07, 6.45) is 5.49. The lowest BCUT2D eigenvalue weighted by Gasteiger charge is -2.22. The first-order valence-electron chi connectivity index (χ1n) is 6.41. The Morgan fingerprint density at radius 3 is 3.00 bits per heavy atom. The van der Waals surface area contributed by atoms with Gasteiger partial charge in [-0.25, -0.2) is 18.1 Å². The normalized spacial score (nSPS) is 20.3. The molecule has 1 saturated heterocycles. The van der Waals surface area contributed by atoms with Gasteiger partial charge in [-0.15, -0.1) is 0 Å². The quantitative estimate of drug-likeness (QED) is 0.838. The van der Waals surface area contributed by atoms with Crippen molar-refractivity contribution in [2.75, 3.05) is 18.9 Å². The molecule has 0 radical (unpaired) electrons. The fraction of sp³-hybridized carbons (Fsp3) is 0.583. The van der Waals surface area contributed by atoms with E-state index in [0.717, 1.165) is 25.9 Å². The SMILES string of the molecule is Nc1cc(S(=O)(=O)NCCC2CCCCO2)ccn1. The van der Waals surface area contributed by atoms with Gasteiger partial charge in [0, 0.05) is 25.4 Å². The molecule has 1 aliphatic rings. The molecule has 1 fully saturated rings. The first-order valence-corrected chi connectivity index (χ1v) is 7.89. The van der Waals surface area contributed by atoms with Crippen molar-refractivity contribution in [3.05, 3.63) is 18.3 Å². The minimum atomic E-state index is -3.51. The number of rotatable bonds is 5. The third kappa shape index (κ3) is 4.15. The molecule has 0 saturated carbocycles. The maximum absolute atomic E-state index is 12.0. The van der Waals surface area contributed by atoms with Gasteiger partial charge in [0.2, 0.25) is 10.0 Å². The third-order valence-corrected chi connectivity index (χ3v) is 4.55. The lowest BCUT2D eigenvalue weighted by atomic mass is 10.1. The van der Waals surface area contributed by atoms with Crippen molar-refractivity contribution in [1.82, 2.24) is 9.71 Å². The molecule has 1 unspecified atom stereocenters. The van der Waals surface area contributed by atoms with Gasteiger partial charge >= 0.3 is 0 Å². The summed E-state index contributed by atoms with van der Waals surface area (Å²) in [5.74, 6) is 0.193. The largest absolute Gasteiger partial charge is 0.384 e. The number of pyridine rings is 1. The lowest BCUT2D eigenvalue weighted by molar-refractivity contribution is 0.0123. The fourth-order valence-corrected chi connectivity index (χ4v) is 3.14. The summed E-state index contributed by atoms with van der Waals surface area (Å²) in [6.45, 7) is 1.15. The van der Waals surface area contributed by atoms with E-state index < -0.39 is 10.0 Å². The van der Waals surface area contributed by atoms with E-state index in [0.29, 0.717) is 13.0 Å². The maximum atomic E-state index is 12.0. The Morgan fingerprint density at radius 1 is 1.47 bits per heavy atom. The average molecular weight is 285 g/mol. The predicted molar refractivity (Wildman–Crippen MR) is 72.0 cm³/mol. The number of hydrogen-bond donors (Lipinski definition) is 2. The number of anilines is 1. The number of nitrogens with one attached hydrogen (secondary N) is 1. The summed E-state index contributed by atoms with van der Waals surface area (Å²) in [4.78, 5) is 3.92. The smallest absolute Gasteiger partial charge is 0.240 e. The van der Waals surface area contributed by atoms with Gasteiger partial charge in [-0.3, -0.25) is 0 Å². The lowest BCUT2D eigenvalue weighted by Crippen LogP contribution is -2.29. The van der Waals surface area contributed by atoms with Crippen LogP contribution < -0.4 is 10.5 Å². The first-order chi connectivity index (χ1) is 9.08. The highest BCUT2D eigenvalue weighted by Gasteiger charge is 2.17. The summed E-state index contributed by atoms with van der Waals surface area (Å²) in [5.41, 5.74) is 5.48. The van der Waals surface area contributed by atoms with Gasteiger partial charge < -0.3 is 10.5 Å². The number of aromatic nitrogens is 1. The third-order valence-electron chi connectivity index (χ3n) is 3.10. The van der Waals surface area contributed by atoms with Crippen molar-refractivity contribution in [2.45, 2.75) is 36.7 Å². The second-order valence-electron chi connectivity index (χ2n) is 4.59. The first kappa shape index (κ1) is 14.2. The number of nitrogen functional groups attached to an aromatic ring is 1. The predicted octanol–water partition coefficient (Wildman–Crippen LogP) is 0.901. The summed E-state index contributed by atoms with van der Waals surface area (Å²) in [5, 5.41) is 0. The summed E-state index contributed by atoms with van der Waals surface area (Å²) in [6, 6.07) is 2.77. The minimum absolute atomic E-state index is 0.143. The fourth-order valence-electron chi connectivity index (χ4n) is 2.07. The van der Waals surface area contributed by atoms with Crippen molar-refractivity contribution in [3.63, 3.8) is 0 Å². The van der Waals surface area contributed by atoms with Crippen LogP contribution in [0, 0.1) is 0 Å². The number of hydrogen-bond acceptors (Lipinski definition) is 5. The highest BCUT2D eigenvalue weighted by Crippen LogP contribution is 2.15. The maximum Gasteiger partial charge on any atom is 0.240 e. The van der Waals surface area contributed by atoms with Crippen molar-refractivity contribution in [1.29, 1.82) is 0 Å². The standard InChI is InChI=1S/C12H19N3O3S/c13-12-9-11(5-6-14-12)19(16,17)15-7-4-10-3-1-2-8-18-10/h5-6,9-10,15H,1-4,7-8H2,(H2,13,14). The zero-order valence-electron chi connectivity index (χ0n) is 10.7. The van der Waals surface area contributed by atoms with E-state index in [2.05, 4.69) is 9.71 Å². The van der Waals surface area contributed by atoms with Crippen LogP contribution in [0.2, 0.25) is 0 Å². The molecule has 1 aliphatic heterocycles. The van der Waals surface area contributed by atoms with Crippen LogP contribution in [0.25, 0.3) is 0 Å². The Hall–Kier alpha value is -1.18. The van der Waals surface area contributed by atoms with Gasteiger partial charge in [-0.1, -0.05) is 0 Å². The van der Waals surface area contributed by atoms with Crippen molar-refractivity contribution in [3.8, 4) is 0 Å². The van der Waals surface area contributed by atoms with Gasteiger partial charge in [0.05, 0.1) is 11.0 Å². The molecule has 1 atom stereocenters. The van der Waals surface area contributed by atoms with Gasteiger partial charge in [-0.05, 0) is 31.7 Å². The molecule has 0 amide bonds. The van der Waals surface area contributed by atoms with E-state index in [-0.39, 0.29) is 16.8 Å².